The third-order valence-electron chi connectivity index (χ3n) is 4.10. The van der Waals surface area contributed by atoms with E-state index in [2.05, 4.69) is 22.6 Å². The van der Waals surface area contributed by atoms with E-state index in [1.54, 1.807) is 18.2 Å². The SMILES string of the molecule is C=C/C(=C\C=C/C)[C@@H](CC)Nc1c(Nc2ccccc2NN)c(=O)c1=O. The number of hydrogen-bond donors (Lipinski definition) is 4. The van der Waals surface area contributed by atoms with Crippen molar-refractivity contribution >= 4 is 22.7 Å². The number of allylic oxidation sites excluding steroid dienone is 3. The van der Waals surface area contributed by atoms with Crippen LogP contribution in [0.2, 0.25) is 0 Å². The highest BCUT2D eigenvalue weighted by atomic mass is 16.2. The molecule has 0 aliphatic heterocycles. The number of anilines is 4. The Morgan fingerprint density at radius 2 is 1.85 bits per heavy atom. The van der Waals surface area contributed by atoms with Crippen LogP contribution in [0.3, 0.4) is 0 Å². The molecule has 2 aromatic carbocycles. The molecule has 136 valence electrons. The lowest BCUT2D eigenvalue weighted by Gasteiger charge is -2.23. The van der Waals surface area contributed by atoms with E-state index in [4.69, 9.17) is 5.84 Å². The van der Waals surface area contributed by atoms with Gasteiger partial charge in [0.15, 0.2) is 0 Å². The van der Waals surface area contributed by atoms with Gasteiger partial charge in [0.1, 0.15) is 11.4 Å². The van der Waals surface area contributed by atoms with E-state index in [1.165, 1.54) is 0 Å². The maximum Gasteiger partial charge on any atom is 0.253 e. The zero-order chi connectivity index (χ0) is 19.1. The van der Waals surface area contributed by atoms with Gasteiger partial charge >= 0.3 is 0 Å². The Labute approximate surface area is 152 Å². The summed E-state index contributed by atoms with van der Waals surface area (Å²) < 4.78 is 0. The van der Waals surface area contributed by atoms with Crippen LogP contribution in [0.4, 0.5) is 22.7 Å². The molecule has 0 radical (unpaired) electrons. The molecule has 0 fully saturated rings. The van der Waals surface area contributed by atoms with E-state index in [1.807, 2.05) is 44.2 Å². The van der Waals surface area contributed by atoms with E-state index >= 15 is 0 Å². The van der Waals surface area contributed by atoms with Gasteiger partial charge in [-0.25, -0.2) is 0 Å². The van der Waals surface area contributed by atoms with Crippen LogP contribution in [0, 0.1) is 0 Å². The number of nitrogens with two attached hydrogens (primary N) is 1. The highest BCUT2D eigenvalue weighted by Gasteiger charge is 2.24. The Kier molecular flexibility index (Phi) is 6.52. The van der Waals surface area contributed by atoms with Crippen molar-refractivity contribution in [3.05, 3.63) is 81.2 Å². The molecule has 6 nitrogen and oxygen atoms in total. The Balaban J connectivity index is 2.31. The van der Waals surface area contributed by atoms with E-state index in [-0.39, 0.29) is 17.4 Å². The molecule has 0 unspecified atom stereocenters. The lowest BCUT2D eigenvalue weighted by Crippen LogP contribution is -2.39. The Bertz CT molecular complexity index is 905. The molecule has 2 rings (SSSR count). The molecule has 0 aromatic heterocycles. The van der Waals surface area contributed by atoms with Gasteiger partial charge in [-0.2, -0.15) is 0 Å². The molecule has 0 saturated carbocycles. The summed E-state index contributed by atoms with van der Waals surface area (Å²) in [4.78, 5) is 24.1. The Morgan fingerprint density at radius 3 is 2.42 bits per heavy atom. The van der Waals surface area contributed by atoms with Crippen LogP contribution in [0.25, 0.3) is 0 Å². The summed E-state index contributed by atoms with van der Waals surface area (Å²) in [5, 5.41) is 6.18. The normalized spacial score (nSPS) is 13.0. The van der Waals surface area contributed by atoms with Gasteiger partial charge in [0.05, 0.1) is 17.4 Å². The number of rotatable bonds is 9. The van der Waals surface area contributed by atoms with Crippen molar-refractivity contribution in [1.82, 2.24) is 0 Å². The molecule has 26 heavy (non-hydrogen) atoms. The van der Waals surface area contributed by atoms with Crippen molar-refractivity contribution in [1.29, 1.82) is 0 Å². The first-order valence-corrected chi connectivity index (χ1v) is 8.45. The Hall–Kier alpha value is -3.12. The molecule has 5 N–H and O–H groups in total. The largest absolute Gasteiger partial charge is 0.373 e. The monoisotopic (exact) mass is 352 g/mol. The molecule has 0 aliphatic carbocycles. The van der Waals surface area contributed by atoms with Crippen LogP contribution in [-0.2, 0) is 0 Å². The van der Waals surface area contributed by atoms with Gasteiger partial charge in [0, 0.05) is 0 Å². The molecule has 0 aliphatic rings. The van der Waals surface area contributed by atoms with Crippen molar-refractivity contribution in [2.24, 2.45) is 5.84 Å². The second-order valence-electron chi connectivity index (χ2n) is 5.72. The van der Waals surface area contributed by atoms with Gasteiger partial charge in [0.25, 0.3) is 10.9 Å². The van der Waals surface area contributed by atoms with E-state index in [0.29, 0.717) is 11.4 Å². The first kappa shape index (κ1) is 19.2. The first-order valence-electron chi connectivity index (χ1n) is 8.45. The molecule has 0 spiro atoms. The summed E-state index contributed by atoms with van der Waals surface area (Å²) in [5.74, 6) is 5.49. The topological polar surface area (TPSA) is 96.2 Å². The van der Waals surface area contributed by atoms with Crippen molar-refractivity contribution in [3.63, 3.8) is 0 Å². The highest BCUT2D eigenvalue weighted by molar-refractivity contribution is 5.83. The molecule has 2 aromatic rings. The van der Waals surface area contributed by atoms with E-state index < -0.39 is 10.9 Å². The van der Waals surface area contributed by atoms with Gasteiger partial charge < -0.3 is 16.1 Å². The summed E-state index contributed by atoms with van der Waals surface area (Å²) in [7, 11) is 0. The number of hydrogen-bond acceptors (Lipinski definition) is 6. The second-order valence-corrected chi connectivity index (χ2v) is 5.72. The zero-order valence-electron chi connectivity index (χ0n) is 15.0. The quantitative estimate of drug-likeness (QED) is 0.240. The smallest absolute Gasteiger partial charge is 0.253 e. The third kappa shape index (κ3) is 3.92. The molecule has 1 atom stereocenters. The van der Waals surface area contributed by atoms with Crippen LogP contribution in [0.15, 0.2) is 70.3 Å². The van der Waals surface area contributed by atoms with Crippen LogP contribution >= 0.6 is 0 Å². The summed E-state index contributed by atoms with van der Waals surface area (Å²) >= 11 is 0. The van der Waals surface area contributed by atoms with Crippen LogP contribution in [-0.4, -0.2) is 6.04 Å². The predicted molar refractivity (Wildman–Crippen MR) is 110 cm³/mol. The van der Waals surface area contributed by atoms with Crippen LogP contribution in [0.1, 0.15) is 20.3 Å². The minimum atomic E-state index is -0.549. The average Bonchev–Trinajstić information content (AvgIpc) is 2.69. The fraction of sp³-hybridized carbons (Fsp3) is 0.200. The lowest BCUT2D eigenvalue weighted by atomic mass is 10.0. The summed E-state index contributed by atoms with van der Waals surface area (Å²) in [5.41, 5.74) is 4.18. The Morgan fingerprint density at radius 1 is 1.19 bits per heavy atom. The van der Waals surface area contributed by atoms with Crippen molar-refractivity contribution in [3.8, 4) is 0 Å². The van der Waals surface area contributed by atoms with E-state index in [9.17, 15) is 9.59 Å². The minimum absolute atomic E-state index is 0.129. The van der Waals surface area contributed by atoms with Crippen molar-refractivity contribution < 1.29 is 0 Å². The van der Waals surface area contributed by atoms with Crippen LogP contribution < -0.4 is 32.8 Å². The van der Waals surface area contributed by atoms with Crippen molar-refractivity contribution in [2.45, 2.75) is 26.3 Å². The van der Waals surface area contributed by atoms with Crippen molar-refractivity contribution in [2.75, 3.05) is 16.1 Å². The summed E-state index contributed by atoms with van der Waals surface area (Å²) in [6.07, 6.45) is 8.23. The van der Waals surface area contributed by atoms with Gasteiger partial charge in [-0.3, -0.25) is 15.4 Å². The standard InChI is InChI=1S/C20H24N4O2/c1-4-7-10-13(5-2)14(6-3)22-17-18(20(26)19(17)25)23-15-11-8-9-12-16(15)24-21/h4-5,7-12,14,22-24H,2,6,21H2,1,3H3/b7-4-,13-10+/t14-/m1/s1. The van der Waals surface area contributed by atoms with Gasteiger partial charge in [-0.15, -0.1) is 0 Å². The fourth-order valence-electron chi connectivity index (χ4n) is 2.63. The number of hydrazine groups is 1. The van der Waals surface area contributed by atoms with Gasteiger partial charge in [0.2, 0.25) is 0 Å². The molecular weight excluding hydrogens is 328 g/mol. The molecule has 0 bridgehead atoms. The molecule has 0 saturated heterocycles. The lowest BCUT2D eigenvalue weighted by molar-refractivity contribution is 0.802. The maximum atomic E-state index is 12.1. The number of benzene rings is 1. The molecular formula is C20H24N4O2. The zero-order valence-corrected chi connectivity index (χ0v) is 15.0. The molecule has 6 heteroatoms. The number of para-hydroxylation sites is 2. The predicted octanol–water partition coefficient (Wildman–Crippen LogP) is 3.19. The van der Waals surface area contributed by atoms with Gasteiger partial charge in [-0.1, -0.05) is 49.9 Å². The second kappa shape index (κ2) is 8.82. The minimum Gasteiger partial charge on any atom is -0.373 e. The first-order chi connectivity index (χ1) is 12.6. The third-order valence-corrected chi connectivity index (χ3v) is 4.10. The summed E-state index contributed by atoms with van der Waals surface area (Å²) in [6.45, 7) is 7.75. The molecule has 0 heterocycles. The fourth-order valence-corrected chi connectivity index (χ4v) is 2.63. The van der Waals surface area contributed by atoms with Crippen LogP contribution in [0.5, 0.6) is 0 Å². The van der Waals surface area contributed by atoms with E-state index in [0.717, 1.165) is 12.0 Å². The van der Waals surface area contributed by atoms with Gasteiger partial charge in [-0.05, 0) is 31.1 Å². The number of nitrogens with one attached hydrogen (secondary N) is 3. The number of nitrogen functional groups attached to an aromatic ring is 1. The average molecular weight is 352 g/mol. The highest BCUT2D eigenvalue weighted by Crippen LogP contribution is 2.27. The maximum absolute atomic E-state index is 12.1. The summed E-state index contributed by atoms with van der Waals surface area (Å²) in [6, 6.07) is 7.04. The molecule has 0 amide bonds.